The fourth-order valence-electron chi connectivity index (χ4n) is 2.13. The highest BCUT2D eigenvalue weighted by Gasteiger charge is 2.33. The summed E-state index contributed by atoms with van der Waals surface area (Å²) in [6.07, 6.45) is 0.488. The third-order valence-electron chi connectivity index (χ3n) is 3.09. The molecule has 1 aromatic carbocycles. The lowest BCUT2D eigenvalue weighted by Gasteiger charge is -2.20. The van der Waals surface area contributed by atoms with Crippen LogP contribution in [-0.4, -0.2) is 25.5 Å². The molecule has 0 heterocycles. The van der Waals surface area contributed by atoms with Crippen molar-refractivity contribution in [2.75, 3.05) is 13.7 Å². The number of ketones is 1. The average Bonchev–Trinajstić information content (AvgIpc) is 2.46. The fourth-order valence-corrected chi connectivity index (χ4v) is 2.13. The van der Waals surface area contributed by atoms with Crippen LogP contribution in [0.3, 0.4) is 0 Å². The molecule has 2 atom stereocenters. The SMILES string of the molecule is CCCC(C(=O)OCC)C(=O)C(OC)c1ccccc1. The first-order chi connectivity index (χ1) is 9.65. The second-order valence-electron chi connectivity index (χ2n) is 4.52. The van der Waals surface area contributed by atoms with Gasteiger partial charge in [-0.15, -0.1) is 0 Å². The first kappa shape index (κ1) is 16.4. The number of hydrogen-bond acceptors (Lipinski definition) is 4. The Kier molecular flexibility index (Phi) is 6.94. The topological polar surface area (TPSA) is 52.6 Å². The minimum atomic E-state index is -0.759. The van der Waals surface area contributed by atoms with Gasteiger partial charge in [0.25, 0.3) is 0 Å². The predicted molar refractivity (Wildman–Crippen MR) is 76.2 cm³/mol. The molecule has 0 aromatic heterocycles. The molecule has 4 nitrogen and oxygen atoms in total. The number of hydrogen-bond donors (Lipinski definition) is 0. The second-order valence-corrected chi connectivity index (χ2v) is 4.52. The van der Waals surface area contributed by atoms with Crippen LogP contribution in [0.5, 0.6) is 0 Å². The van der Waals surface area contributed by atoms with Crippen LogP contribution in [0.1, 0.15) is 38.4 Å². The molecule has 0 saturated carbocycles. The monoisotopic (exact) mass is 278 g/mol. The zero-order valence-electron chi connectivity index (χ0n) is 12.3. The Morgan fingerprint density at radius 1 is 1.15 bits per heavy atom. The summed E-state index contributed by atoms with van der Waals surface area (Å²) in [6, 6.07) is 9.19. The largest absolute Gasteiger partial charge is 0.465 e. The van der Waals surface area contributed by atoms with Crippen LogP contribution in [0.25, 0.3) is 0 Å². The standard InChI is InChI=1S/C16H22O4/c1-4-9-13(16(18)20-5-2)14(17)15(19-3)12-10-7-6-8-11-12/h6-8,10-11,13,15H,4-5,9H2,1-3H3. The van der Waals surface area contributed by atoms with Gasteiger partial charge in [-0.2, -0.15) is 0 Å². The zero-order chi connectivity index (χ0) is 15.0. The maximum absolute atomic E-state index is 12.6. The molecule has 1 aromatic rings. The van der Waals surface area contributed by atoms with E-state index in [1.807, 2.05) is 37.3 Å². The summed E-state index contributed by atoms with van der Waals surface area (Å²) in [4.78, 5) is 24.5. The highest BCUT2D eigenvalue weighted by Crippen LogP contribution is 2.24. The van der Waals surface area contributed by atoms with Crippen LogP contribution in [0.4, 0.5) is 0 Å². The summed E-state index contributed by atoms with van der Waals surface area (Å²) in [6.45, 7) is 3.94. The minimum Gasteiger partial charge on any atom is -0.465 e. The number of esters is 1. The van der Waals surface area contributed by atoms with E-state index in [9.17, 15) is 9.59 Å². The van der Waals surface area contributed by atoms with Crippen LogP contribution in [0.2, 0.25) is 0 Å². The van der Waals surface area contributed by atoms with Crippen molar-refractivity contribution in [1.29, 1.82) is 0 Å². The van der Waals surface area contributed by atoms with Crippen LogP contribution >= 0.6 is 0 Å². The third kappa shape index (κ3) is 4.17. The molecule has 1 rings (SSSR count). The maximum Gasteiger partial charge on any atom is 0.316 e. The van der Waals surface area contributed by atoms with E-state index in [1.54, 1.807) is 6.92 Å². The second kappa shape index (κ2) is 8.48. The maximum atomic E-state index is 12.6. The predicted octanol–water partition coefficient (Wildman–Crippen LogP) is 2.92. The van der Waals surface area contributed by atoms with Crippen molar-refractivity contribution in [3.05, 3.63) is 35.9 Å². The average molecular weight is 278 g/mol. The molecule has 0 aliphatic rings. The molecule has 0 aliphatic heterocycles. The van der Waals surface area contributed by atoms with E-state index in [2.05, 4.69) is 0 Å². The van der Waals surface area contributed by atoms with Crippen LogP contribution in [0, 0.1) is 5.92 Å². The van der Waals surface area contributed by atoms with E-state index in [1.165, 1.54) is 7.11 Å². The van der Waals surface area contributed by atoms with Gasteiger partial charge in [0, 0.05) is 7.11 Å². The Bertz CT molecular complexity index is 427. The van der Waals surface area contributed by atoms with Gasteiger partial charge in [-0.05, 0) is 18.9 Å². The van der Waals surface area contributed by atoms with Gasteiger partial charge in [-0.1, -0.05) is 43.7 Å². The molecule has 4 heteroatoms. The molecule has 0 fully saturated rings. The normalized spacial score (nSPS) is 13.6. The van der Waals surface area contributed by atoms with Crippen molar-refractivity contribution >= 4 is 11.8 Å². The van der Waals surface area contributed by atoms with Crippen LogP contribution < -0.4 is 0 Å². The summed E-state index contributed by atoms with van der Waals surface area (Å²) in [5, 5.41) is 0. The van der Waals surface area contributed by atoms with E-state index in [4.69, 9.17) is 9.47 Å². The third-order valence-corrected chi connectivity index (χ3v) is 3.09. The molecule has 20 heavy (non-hydrogen) atoms. The lowest BCUT2D eigenvalue weighted by atomic mass is 9.91. The van der Waals surface area contributed by atoms with Gasteiger partial charge in [0.15, 0.2) is 5.78 Å². The number of carbonyl (C=O) groups is 2. The zero-order valence-corrected chi connectivity index (χ0v) is 12.3. The van der Waals surface area contributed by atoms with Gasteiger partial charge in [-0.3, -0.25) is 9.59 Å². The molecular formula is C16H22O4. The molecule has 0 radical (unpaired) electrons. The van der Waals surface area contributed by atoms with Gasteiger partial charge in [0.2, 0.25) is 0 Å². The summed E-state index contributed by atoms with van der Waals surface area (Å²) in [7, 11) is 1.48. The summed E-state index contributed by atoms with van der Waals surface area (Å²) < 4.78 is 10.3. The highest BCUT2D eigenvalue weighted by molar-refractivity contribution is 6.01. The van der Waals surface area contributed by atoms with Crippen molar-refractivity contribution in [3.8, 4) is 0 Å². The van der Waals surface area contributed by atoms with E-state index in [0.29, 0.717) is 6.42 Å². The highest BCUT2D eigenvalue weighted by atomic mass is 16.5. The number of carbonyl (C=O) groups excluding carboxylic acids is 2. The molecule has 0 spiro atoms. The van der Waals surface area contributed by atoms with Crippen LogP contribution in [0.15, 0.2) is 30.3 Å². The minimum absolute atomic E-state index is 0.237. The molecule has 0 aliphatic carbocycles. The molecule has 0 bridgehead atoms. The Morgan fingerprint density at radius 3 is 2.30 bits per heavy atom. The molecule has 110 valence electrons. The Hall–Kier alpha value is -1.68. The Labute approximate surface area is 120 Å². The van der Waals surface area contributed by atoms with Gasteiger partial charge in [-0.25, -0.2) is 0 Å². The first-order valence-electron chi connectivity index (χ1n) is 6.93. The van der Waals surface area contributed by atoms with Crippen LogP contribution in [-0.2, 0) is 19.1 Å². The van der Waals surface area contributed by atoms with Crippen molar-refractivity contribution in [2.45, 2.75) is 32.8 Å². The lowest BCUT2D eigenvalue weighted by molar-refractivity contribution is -0.155. The van der Waals surface area contributed by atoms with Crippen molar-refractivity contribution in [2.24, 2.45) is 5.92 Å². The summed E-state index contributed by atoms with van der Waals surface area (Å²) in [5.74, 6) is -1.46. The quantitative estimate of drug-likeness (QED) is 0.542. The smallest absolute Gasteiger partial charge is 0.316 e. The van der Waals surface area contributed by atoms with E-state index >= 15 is 0 Å². The Morgan fingerprint density at radius 2 is 1.80 bits per heavy atom. The van der Waals surface area contributed by atoms with Gasteiger partial charge in [0.1, 0.15) is 12.0 Å². The van der Waals surface area contributed by atoms with Crippen molar-refractivity contribution < 1.29 is 19.1 Å². The van der Waals surface area contributed by atoms with E-state index < -0.39 is 18.0 Å². The Balaban J connectivity index is 2.94. The van der Waals surface area contributed by atoms with Gasteiger partial charge >= 0.3 is 5.97 Å². The fraction of sp³-hybridized carbons (Fsp3) is 0.500. The number of benzene rings is 1. The van der Waals surface area contributed by atoms with Gasteiger partial charge in [0.05, 0.1) is 6.61 Å². The van der Waals surface area contributed by atoms with E-state index in [0.717, 1.165) is 12.0 Å². The molecule has 0 saturated heterocycles. The number of methoxy groups -OCH3 is 1. The van der Waals surface area contributed by atoms with E-state index in [-0.39, 0.29) is 12.4 Å². The number of rotatable bonds is 8. The molecule has 2 unspecified atom stereocenters. The number of Topliss-reactive ketones (excluding diaryl/α,β-unsaturated/α-hetero) is 1. The number of ether oxygens (including phenoxy) is 2. The van der Waals surface area contributed by atoms with Gasteiger partial charge < -0.3 is 9.47 Å². The summed E-state index contributed by atoms with van der Waals surface area (Å²) >= 11 is 0. The van der Waals surface area contributed by atoms with Crippen molar-refractivity contribution in [1.82, 2.24) is 0 Å². The summed E-state index contributed by atoms with van der Waals surface area (Å²) in [5.41, 5.74) is 0.755. The lowest BCUT2D eigenvalue weighted by Crippen LogP contribution is -2.31. The van der Waals surface area contributed by atoms with Crippen molar-refractivity contribution in [3.63, 3.8) is 0 Å². The molecular weight excluding hydrogens is 256 g/mol. The first-order valence-corrected chi connectivity index (χ1v) is 6.93. The molecule has 0 N–H and O–H groups in total. The molecule has 0 amide bonds.